The molecule has 0 aliphatic carbocycles. The first-order valence-corrected chi connectivity index (χ1v) is 12.5. The van der Waals surface area contributed by atoms with E-state index in [1.54, 1.807) is 17.0 Å². The molecule has 7 nitrogen and oxygen atoms in total. The number of halogens is 1. The van der Waals surface area contributed by atoms with Crippen LogP contribution in [0.1, 0.15) is 31.4 Å². The Morgan fingerprint density at radius 2 is 1.82 bits per heavy atom. The van der Waals surface area contributed by atoms with Crippen LogP contribution >= 0.6 is 23.1 Å². The molecule has 0 fully saturated rings. The zero-order valence-corrected chi connectivity index (χ0v) is 21.0. The maximum absolute atomic E-state index is 13.5. The average Bonchev–Trinajstić information content (AvgIpc) is 3.45. The SMILES string of the molecule is CC(=O)N(c1ccccc1)c1nc(CSc2nnc([C@H](C)N(C)C)n2-c2ccc(F)cc2)cs1. The van der Waals surface area contributed by atoms with E-state index in [1.165, 1.54) is 42.2 Å². The zero-order chi connectivity index (χ0) is 24.2. The molecule has 0 spiro atoms. The van der Waals surface area contributed by atoms with E-state index in [4.69, 9.17) is 4.98 Å². The minimum atomic E-state index is -0.295. The maximum Gasteiger partial charge on any atom is 0.230 e. The number of nitrogens with zero attached hydrogens (tertiary/aromatic N) is 6. The fraction of sp³-hybridized carbons (Fsp3) is 0.250. The second-order valence-electron chi connectivity index (χ2n) is 7.89. The summed E-state index contributed by atoms with van der Waals surface area (Å²) in [6, 6.07) is 15.8. The van der Waals surface area contributed by atoms with Crippen molar-refractivity contribution in [3.63, 3.8) is 0 Å². The summed E-state index contributed by atoms with van der Waals surface area (Å²) in [5, 5.41) is 12.1. The van der Waals surface area contributed by atoms with Crippen LogP contribution < -0.4 is 4.90 Å². The molecule has 0 aliphatic rings. The van der Waals surface area contributed by atoms with Gasteiger partial charge in [0.25, 0.3) is 0 Å². The van der Waals surface area contributed by atoms with Crippen LogP contribution in [0.5, 0.6) is 0 Å². The quantitative estimate of drug-likeness (QED) is 0.302. The number of hydrogen-bond donors (Lipinski definition) is 0. The molecule has 2 aromatic carbocycles. The monoisotopic (exact) mass is 496 g/mol. The third kappa shape index (κ3) is 5.19. The van der Waals surface area contributed by atoms with Crippen molar-refractivity contribution in [2.24, 2.45) is 0 Å². The van der Waals surface area contributed by atoms with E-state index in [0.717, 1.165) is 22.9 Å². The predicted molar refractivity (Wildman–Crippen MR) is 134 cm³/mol. The lowest BCUT2D eigenvalue weighted by Crippen LogP contribution is -2.22. The molecular weight excluding hydrogens is 471 g/mol. The summed E-state index contributed by atoms with van der Waals surface area (Å²) in [5.74, 6) is 0.923. The van der Waals surface area contributed by atoms with Crippen LogP contribution in [-0.4, -0.2) is 44.7 Å². The lowest BCUT2D eigenvalue weighted by molar-refractivity contribution is -0.115. The zero-order valence-electron chi connectivity index (χ0n) is 19.3. The molecule has 0 saturated carbocycles. The van der Waals surface area contributed by atoms with Gasteiger partial charge in [0.05, 0.1) is 17.4 Å². The van der Waals surface area contributed by atoms with Gasteiger partial charge in [-0.2, -0.15) is 0 Å². The normalized spacial score (nSPS) is 12.2. The minimum absolute atomic E-state index is 0.00720. The van der Waals surface area contributed by atoms with Crippen LogP contribution in [-0.2, 0) is 10.5 Å². The number of aromatic nitrogens is 4. The molecular formula is C24H25FN6OS2. The van der Waals surface area contributed by atoms with Gasteiger partial charge in [-0.25, -0.2) is 9.37 Å². The van der Waals surface area contributed by atoms with Crippen LogP contribution in [0, 0.1) is 5.82 Å². The number of amides is 1. The molecule has 1 amide bonds. The fourth-order valence-corrected chi connectivity index (χ4v) is 5.16. The topological polar surface area (TPSA) is 67.2 Å². The largest absolute Gasteiger partial charge is 0.300 e. The van der Waals surface area contributed by atoms with Gasteiger partial charge >= 0.3 is 0 Å². The first-order valence-electron chi connectivity index (χ1n) is 10.7. The molecule has 0 unspecified atom stereocenters. The summed E-state index contributed by atoms with van der Waals surface area (Å²) in [6.45, 7) is 3.58. The van der Waals surface area contributed by atoms with Gasteiger partial charge in [-0.1, -0.05) is 30.0 Å². The van der Waals surface area contributed by atoms with Crippen LogP contribution in [0.2, 0.25) is 0 Å². The van der Waals surface area contributed by atoms with Crippen LogP contribution in [0.3, 0.4) is 0 Å². The number of hydrogen-bond acceptors (Lipinski definition) is 7. The van der Waals surface area contributed by atoms with Crippen LogP contribution in [0.25, 0.3) is 5.69 Å². The van der Waals surface area contributed by atoms with E-state index in [1.807, 2.05) is 66.2 Å². The number of thiazole rings is 1. The lowest BCUT2D eigenvalue weighted by atomic mass is 10.2. The number of carbonyl (C=O) groups is 1. The number of thioether (sulfide) groups is 1. The highest BCUT2D eigenvalue weighted by molar-refractivity contribution is 7.98. The number of para-hydroxylation sites is 1. The first-order chi connectivity index (χ1) is 16.3. The highest BCUT2D eigenvalue weighted by Crippen LogP contribution is 2.32. The van der Waals surface area contributed by atoms with Crippen molar-refractivity contribution in [1.82, 2.24) is 24.6 Å². The van der Waals surface area contributed by atoms with Crippen LogP contribution in [0.4, 0.5) is 15.2 Å². The summed E-state index contributed by atoms with van der Waals surface area (Å²) < 4.78 is 15.5. The summed E-state index contributed by atoms with van der Waals surface area (Å²) in [7, 11) is 3.96. The summed E-state index contributed by atoms with van der Waals surface area (Å²) >= 11 is 2.92. The summed E-state index contributed by atoms with van der Waals surface area (Å²) in [4.78, 5) is 20.7. The van der Waals surface area contributed by atoms with Gasteiger partial charge in [-0.3, -0.25) is 19.2 Å². The van der Waals surface area contributed by atoms with Gasteiger partial charge in [-0.15, -0.1) is 21.5 Å². The van der Waals surface area contributed by atoms with Gasteiger partial charge in [0, 0.05) is 23.7 Å². The van der Waals surface area contributed by atoms with Crippen molar-refractivity contribution < 1.29 is 9.18 Å². The van der Waals surface area contributed by atoms with Crippen molar-refractivity contribution in [3.8, 4) is 5.69 Å². The van der Waals surface area contributed by atoms with E-state index in [0.29, 0.717) is 16.0 Å². The van der Waals surface area contributed by atoms with Gasteiger partial charge < -0.3 is 0 Å². The third-order valence-electron chi connectivity index (χ3n) is 5.30. The number of carbonyl (C=O) groups excluding carboxylic acids is 1. The second kappa shape index (κ2) is 10.5. The average molecular weight is 497 g/mol. The molecule has 0 saturated heterocycles. The van der Waals surface area contributed by atoms with E-state index in [9.17, 15) is 9.18 Å². The Bertz CT molecular complexity index is 1260. The fourth-order valence-electron chi connectivity index (χ4n) is 3.32. The predicted octanol–water partition coefficient (Wildman–Crippen LogP) is 5.46. The van der Waals surface area contributed by atoms with Crippen molar-refractivity contribution in [2.75, 3.05) is 19.0 Å². The molecule has 4 aromatic rings. The van der Waals surface area contributed by atoms with Gasteiger partial charge in [0.2, 0.25) is 5.91 Å². The first kappa shape index (κ1) is 24.1. The van der Waals surface area contributed by atoms with E-state index in [2.05, 4.69) is 10.2 Å². The lowest BCUT2D eigenvalue weighted by Gasteiger charge is -2.20. The molecule has 1 atom stereocenters. The van der Waals surface area contributed by atoms with Crippen molar-refractivity contribution >= 4 is 39.8 Å². The molecule has 0 N–H and O–H groups in total. The Balaban J connectivity index is 1.59. The van der Waals surface area contributed by atoms with E-state index >= 15 is 0 Å². The molecule has 10 heteroatoms. The molecule has 176 valence electrons. The van der Waals surface area contributed by atoms with Gasteiger partial charge in [0.1, 0.15) is 5.82 Å². The Morgan fingerprint density at radius 3 is 2.47 bits per heavy atom. The minimum Gasteiger partial charge on any atom is -0.300 e. The Kier molecular flexibility index (Phi) is 7.40. The number of anilines is 2. The summed E-state index contributed by atoms with van der Waals surface area (Å²) in [6.07, 6.45) is 0. The van der Waals surface area contributed by atoms with Crippen molar-refractivity contribution in [2.45, 2.75) is 30.8 Å². The number of benzene rings is 2. The highest BCUT2D eigenvalue weighted by Gasteiger charge is 2.22. The van der Waals surface area contributed by atoms with E-state index in [-0.39, 0.29) is 17.8 Å². The third-order valence-corrected chi connectivity index (χ3v) is 7.14. The molecule has 0 bridgehead atoms. The van der Waals surface area contributed by atoms with Crippen molar-refractivity contribution in [1.29, 1.82) is 0 Å². The molecule has 4 rings (SSSR count). The Hall–Kier alpha value is -3.08. The maximum atomic E-state index is 13.5. The summed E-state index contributed by atoms with van der Waals surface area (Å²) in [5.41, 5.74) is 2.41. The molecule has 2 heterocycles. The molecule has 2 aromatic heterocycles. The van der Waals surface area contributed by atoms with E-state index < -0.39 is 0 Å². The second-order valence-corrected chi connectivity index (χ2v) is 9.67. The highest BCUT2D eigenvalue weighted by atomic mass is 32.2. The van der Waals surface area contributed by atoms with Crippen LogP contribution in [0.15, 0.2) is 65.1 Å². The standard InChI is InChI=1S/C24H25FN6OS2/c1-16(29(3)4)22-27-28-24(31(22)21-12-10-18(25)11-13-21)34-15-19-14-33-23(26-19)30(17(2)32)20-8-6-5-7-9-20/h5-14,16H,15H2,1-4H3/t16-/m0/s1. The van der Waals surface area contributed by atoms with Crippen molar-refractivity contribution in [3.05, 3.63) is 77.3 Å². The van der Waals surface area contributed by atoms with Gasteiger partial charge in [0.15, 0.2) is 16.1 Å². The Morgan fingerprint density at radius 1 is 1.12 bits per heavy atom. The Labute approximate surface area is 206 Å². The molecule has 0 radical (unpaired) electrons. The van der Waals surface area contributed by atoms with Gasteiger partial charge in [-0.05, 0) is 57.4 Å². The smallest absolute Gasteiger partial charge is 0.230 e. The molecule has 0 aliphatic heterocycles. The number of rotatable bonds is 8. The molecule has 34 heavy (non-hydrogen) atoms.